The van der Waals surface area contributed by atoms with Crippen LogP contribution in [0, 0.1) is 0 Å². The van der Waals surface area contributed by atoms with E-state index in [-0.39, 0.29) is 19.5 Å². The molecule has 0 aromatic heterocycles. The highest BCUT2D eigenvalue weighted by Crippen LogP contribution is 2.40. The molecule has 0 aromatic carbocycles. The van der Waals surface area contributed by atoms with Crippen LogP contribution in [-0.4, -0.2) is 104 Å². The Bertz CT molecular complexity index is 739. The Morgan fingerprint density at radius 1 is 1.14 bits per heavy atom. The first kappa shape index (κ1) is 31.3. The number of hydrogen-bond donors (Lipinski definition) is 2. The van der Waals surface area contributed by atoms with Crippen LogP contribution in [0.25, 0.3) is 0 Å². The van der Waals surface area contributed by atoms with Crippen LogP contribution in [0.2, 0.25) is 0 Å². The Morgan fingerprint density at radius 3 is 2.43 bits per heavy atom. The van der Waals surface area contributed by atoms with Crippen LogP contribution in [0.3, 0.4) is 0 Å². The Kier molecular flexibility index (Phi) is 13.1. The normalized spacial score (nSPS) is 30.7. The molecule has 2 saturated heterocycles. The van der Waals surface area contributed by atoms with Crippen LogP contribution in [-0.2, 0) is 47.5 Å². The molecule has 2 aliphatic heterocycles. The number of epoxide rings is 1. The number of esters is 2. The molecule has 0 radical (unpaired) electrons. The molecule has 0 aromatic rings. The van der Waals surface area contributed by atoms with Gasteiger partial charge in [-0.05, 0) is 19.3 Å². The summed E-state index contributed by atoms with van der Waals surface area (Å²) in [4.78, 5) is 34.4. The average molecular weight is 533 g/mol. The largest absolute Gasteiger partial charge is 0.463 e. The Morgan fingerprint density at radius 2 is 1.86 bits per heavy atom. The minimum atomic E-state index is -1.66. The summed E-state index contributed by atoms with van der Waals surface area (Å²) in [6.45, 7) is 8.02. The van der Waals surface area contributed by atoms with Crippen LogP contribution in [0.1, 0.15) is 52.9 Å². The van der Waals surface area contributed by atoms with Gasteiger partial charge in [0.25, 0.3) is 0 Å². The van der Waals surface area contributed by atoms with E-state index in [1.54, 1.807) is 6.08 Å². The minimum Gasteiger partial charge on any atom is -0.463 e. The van der Waals surface area contributed by atoms with E-state index in [4.69, 9.17) is 33.2 Å². The van der Waals surface area contributed by atoms with Crippen molar-refractivity contribution in [3.05, 3.63) is 12.7 Å². The van der Waals surface area contributed by atoms with Gasteiger partial charge in [-0.2, -0.15) is 0 Å². The molecular formula is C25H40O12. The van der Waals surface area contributed by atoms with Crippen LogP contribution in [0.5, 0.6) is 0 Å². The quantitative estimate of drug-likeness (QED) is 0.0841. The fraction of sp³-hybridized carbons (Fsp3) is 0.800. The molecule has 2 aliphatic rings. The summed E-state index contributed by atoms with van der Waals surface area (Å²) < 4.78 is 40.6. The molecule has 0 saturated carbocycles. The summed E-state index contributed by atoms with van der Waals surface area (Å²) in [5.41, 5.74) is 0. The van der Waals surface area contributed by atoms with Gasteiger partial charge in [0.05, 0.1) is 6.61 Å². The third-order valence-corrected chi connectivity index (χ3v) is 5.87. The third-order valence-electron chi connectivity index (χ3n) is 5.87. The van der Waals surface area contributed by atoms with Gasteiger partial charge in [-0.25, -0.2) is 0 Å². The second-order valence-electron chi connectivity index (χ2n) is 9.10. The van der Waals surface area contributed by atoms with Crippen molar-refractivity contribution in [3.8, 4) is 0 Å². The fourth-order valence-electron chi connectivity index (χ4n) is 3.96. The van der Waals surface area contributed by atoms with Crippen LogP contribution < -0.4 is 0 Å². The molecule has 0 spiro atoms. The van der Waals surface area contributed by atoms with E-state index in [9.17, 15) is 24.6 Å². The van der Waals surface area contributed by atoms with Crippen molar-refractivity contribution in [1.29, 1.82) is 0 Å². The van der Waals surface area contributed by atoms with Crippen molar-refractivity contribution < 1.29 is 57.8 Å². The SMILES string of the molecule is C=CCCCCOC1C(OCC(O)C(O)C=O)OC(COC(C)=O)C(OC(C)=O)C1OC1(CCC)CO1. The predicted molar refractivity (Wildman–Crippen MR) is 127 cm³/mol. The molecule has 2 N–H and O–H groups in total. The monoisotopic (exact) mass is 532 g/mol. The maximum Gasteiger partial charge on any atom is 0.303 e. The van der Waals surface area contributed by atoms with Crippen LogP contribution in [0.15, 0.2) is 12.7 Å². The number of aliphatic hydroxyl groups excluding tert-OH is 2. The number of rotatable bonds is 18. The van der Waals surface area contributed by atoms with E-state index < -0.39 is 67.2 Å². The number of hydrogen-bond acceptors (Lipinski definition) is 12. The minimum absolute atomic E-state index is 0.189. The lowest BCUT2D eigenvalue weighted by Gasteiger charge is -2.46. The molecule has 212 valence electrons. The van der Waals surface area contributed by atoms with Crippen molar-refractivity contribution in [1.82, 2.24) is 0 Å². The summed E-state index contributed by atoms with van der Waals surface area (Å²) in [7, 11) is 0. The lowest BCUT2D eigenvalue weighted by atomic mass is 9.97. The summed E-state index contributed by atoms with van der Waals surface area (Å²) in [5.74, 6) is -2.08. The molecule has 2 rings (SSSR count). The zero-order chi connectivity index (χ0) is 27.4. The van der Waals surface area contributed by atoms with E-state index in [1.165, 1.54) is 13.8 Å². The Hall–Kier alpha value is -1.93. The van der Waals surface area contributed by atoms with E-state index >= 15 is 0 Å². The maximum absolute atomic E-state index is 12.0. The van der Waals surface area contributed by atoms with Crippen molar-refractivity contribution in [2.24, 2.45) is 0 Å². The van der Waals surface area contributed by atoms with Gasteiger partial charge >= 0.3 is 11.9 Å². The molecule has 2 heterocycles. The topological polar surface area (TPSA) is 160 Å². The summed E-state index contributed by atoms with van der Waals surface area (Å²) in [5, 5.41) is 19.7. The summed E-state index contributed by atoms with van der Waals surface area (Å²) >= 11 is 0. The molecule has 0 aliphatic carbocycles. The van der Waals surface area contributed by atoms with Gasteiger partial charge in [0.2, 0.25) is 0 Å². The third kappa shape index (κ3) is 10.0. The number of carbonyl (C=O) groups is 3. The molecule has 2 fully saturated rings. The van der Waals surface area contributed by atoms with Gasteiger partial charge in [0.15, 0.2) is 24.5 Å². The number of aliphatic hydroxyl groups is 2. The maximum atomic E-state index is 12.0. The van der Waals surface area contributed by atoms with Crippen molar-refractivity contribution >= 4 is 18.2 Å². The molecule has 12 heteroatoms. The van der Waals surface area contributed by atoms with Crippen molar-refractivity contribution in [2.45, 2.75) is 102 Å². The number of aldehydes is 1. The lowest BCUT2D eigenvalue weighted by Crippen LogP contribution is -2.63. The highest BCUT2D eigenvalue weighted by atomic mass is 16.8. The predicted octanol–water partition coefficient (Wildman–Crippen LogP) is 0.797. The molecule has 0 amide bonds. The number of allylic oxidation sites excluding steroid dienone is 1. The summed E-state index contributed by atoms with van der Waals surface area (Å²) in [6.07, 6.45) is -2.70. The highest BCUT2D eigenvalue weighted by Gasteiger charge is 2.56. The lowest BCUT2D eigenvalue weighted by molar-refractivity contribution is -0.332. The second-order valence-corrected chi connectivity index (χ2v) is 9.10. The number of ether oxygens (including phenoxy) is 7. The van der Waals surface area contributed by atoms with Crippen molar-refractivity contribution in [2.75, 3.05) is 26.4 Å². The zero-order valence-electron chi connectivity index (χ0n) is 21.7. The van der Waals surface area contributed by atoms with Gasteiger partial charge in [0, 0.05) is 26.9 Å². The average Bonchev–Trinajstić information content (AvgIpc) is 3.61. The van der Waals surface area contributed by atoms with Gasteiger partial charge in [-0.15, -0.1) is 6.58 Å². The summed E-state index contributed by atoms with van der Waals surface area (Å²) in [6, 6.07) is 0. The molecular weight excluding hydrogens is 492 g/mol. The number of carbonyl (C=O) groups excluding carboxylic acids is 3. The smallest absolute Gasteiger partial charge is 0.303 e. The van der Waals surface area contributed by atoms with Crippen LogP contribution >= 0.6 is 0 Å². The first-order valence-electron chi connectivity index (χ1n) is 12.6. The molecule has 8 atom stereocenters. The standard InChI is InChI=1S/C25H40O12/c1-5-7-8-9-11-31-23-22(37-25(10-6-2)15-34-25)21(35-17(4)28)20(14-32-16(3)27)36-24(23)33-13-19(30)18(29)12-26/h5,12,18-24,29-30H,1,6-11,13-15H2,2-4H3. The number of unbranched alkanes of at least 4 members (excludes halogenated alkanes) is 2. The van der Waals surface area contributed by atoms with E-state index in [0.717, 1.165) is 19.3 Å². The Balaban J connectivity index is 2.35. The van der Waals surface area contributed by atoms with Gasteiger partial charge < -0.3 is 48.2 Å². The van der Waals surface area contributed by atoms with Gasteiger partial charge in [-0.3, -0.25) is 9.59 Å². The fourth-order valence-corrected chi connectivity index (χ4v) is 3.96. The van der Waals surface area contributed by atoms with E-state index in [1.807, 2.05) is 6.92 Å². The molecule has 8 unspecified atom stereocenters. The first-order valence-corrected chi connectivity index (χ1v) is 12.6. The van der Waals surface area contributed by atoms with Crippen molar-refractivity contribution in [3.63, 3.8) is 0 Å². The Labute approximate surface area is 217 Å². The van der Waals surface area contributed by atoms with Crippen LogP contribution in [0.4, 0.5) is 0 Å². The van der Waals surface area contributed by atoms with Gasteiger partial charge in [-0.1, -0.05) is 19.4 Å². The molecule has 37 heavy (non-hydrogen) atoms. The molecule has 12 nitrogen and oxygen atoms in total. The highest BCUT2D eigenvalue weighted by molar-refractivity contribution is 5.66. The van der Waals surface area contributed by atoms with E-state index in [2.05, 4.69) is 6.58 Å². The van der Waals surface area contributed by atoms with Gasteiger partial charge in [0.1, 0.15) is 43.7 Å². The first-order chi connectivity index (χ1) is 17.7. The second kappa shape index (κ2) is 15.5. The zero-order valence-corrected chi connectivity index (χ0v) is 21.7. The van der Waals surface area contributed by atoms with E-state index in [0.29, 0.717) is 19.4 Å². The molecule has 0 bridgehead atoms.